The Kier molecular flexibility index (Phi) is 6.67. The molecule has 2 aromatic rings. The number of rotatable bonds is 8. The highest BCUT2D eigenvalue weighted by Gasteiger charge is 2.18. The Labute approximate surface area is 143 Å². The van der Waals surface area contributed by atoms with Gasteiger partial charge < -0.3 is 14.8 Å². The standard InChI is InChI=1S/C20H25NO3/c1-4-18(24-19-14-15(2)10-11-16(19)3)20(22)21-12-13-23-17-8-6-5-7-9-17/h5-11,14,18H,4,12-13H2,1-3H3,(H,21,22). The third-order valence-electron chi connectivity index (χ3n) is 3.69. The average molecular weight is 327 g/mol. The fourth-order valence-electron chi connectivity index (χ4n) is 2.28. The van der Waals surface area contributed by atoms with Gasteiger partial charge in [0.15, 0.2) is 6.10 Å². The van der Waals surface area contributed by atoms with E-state index in [4.69, 9.17) is 9.47 Å². The second kappa shape index (κ2) is 8.96. The summed E-state index contributed by atoms with van der Waals surface area (Å²) in [5, 5.41) is 2.87. The number of aryl methyl sites for hydroxylation is 2. The van der Waals surface area contributed by atoms with E-state index in [1.165, 1.54) is 0 Å². The van der Waals surface area contributed by atoms with E-state index in [0.29, 0.717) is 19.6 Å². The van der Waals surface area contributed by atoms with E-state index in [-0.39, 0.29) is 5.91 Å². The Morgan fingerprint density at radius 1 is 1.12 bits per heavy atom. The van der Waals surface area contributed by atoms with Gasteiger partial charge in [0.1, 0.15) is 18.1 Å². The normalized spacial score (nSPS) is 11.6. The smallest absolute Gasteiger partial charge is 0.261 e. The Bertz CT molecular complexity index is 655. The van der Waals surface area contributed by atoms with Crippen LogP contribution < -0.4 is 14.8 Å². The molecule has 0 saturated carbocycles. The number of nitrogens with one attached hydrogen (secondary N) is 1. The first kappa shape index (κ1) is 17.9. The third-order valence-corrected chi connectivity index (χ3v) is 3.69. The van der Waals surface area contributed by atoms with Gasteiger partial charge in [-0.05, 0) is 49.6 Å². The molecule has 0 aliphatic rings. The average Bonchev–Trinajstić information content (AvgIpc) is 2.60. The lowest BCUT2D eigenvalue weighted by molar-refractivity contribution is -0.128. The van der Waals surface area contributed by atoms with Crippen molar-refractivity contribution in [2.24, 2.45) is 0 Å². The summed E-state index contributed by atoms with van der Waals surface area (Å²) >= 11 is 0. The number of hydrogen-bond acceptors (Lipinski definition) is 3. The molecule has 1 N–H and O–H groups in total. The van der Waals surface area contributed by atoms with Gasteiger partial charge in [0.05, 0.1) is 6.54 Å². The molecule has 2 aromatic carbocycles. The molecule has 1 amide bonds. The lowest BCUT2D eigenvalue weighted by Crippen LogP contribution is -2.39. The minimum absolute atomic E-state index is 0.116. The summed E-state index contributed by atoms with van der Waals surface area (Å²) in [4.78, 5) is 12.3. The number of hydrogen-bond donors (Lipinski definition) is 1. The molecule has 0 bridgehead atoms. The van der Waals surface area contributed by atoms with Gasteiger partial charge in [0.2, 0.25) is 0 Å². The number of ether oxygens (including phenoxy) is 2. The van der Waals surface area contributed by atoms with E-state index >= 15 is 0 Å². The van der Waals surface area contributed by atoms with Crippen LogP contribution in [0.4, 0.5) is 0 Å². The zero-order valence-electron chi connectivity index (χ0n) is 14.5. The van der Waals surface area contributed by atoms with Crippen molar-refractivity contribution in [1.29, 1.82) is 0 Å². The minimum atomic E-state index is -0.498. The highest BCUT2D eigenvalue weighted by Crippen LogP contribution is 2.21. The number of para-hydroxylation sites is 1. The summed E-state index contributed by atoms with van der Waals surface area (Å²) in [6, 6.07) is 15.5. The van der Waals surface area contributed by atoms with Crippen LogP contribution in [-0.4, -0.2) is 25.2 Å². The monoisotopic (exact) mass is 327 g/mol. The Hall–Kier alpha value is -2.49. The minimum Gasteiger partial charge on any atom is -0.492 e. The van der Waals surface area contributed by atoms with E-state index in [1.54, 1.807) is 0 Å². The zero-order valence-corrected chi connectivity index (χ0v) is 14.5. The first-order chi connectivity index (χ1) is 11.6. The van der Waals surface area contributed by atoms with Crippen LogP contribution in [0.5, 0.6) is 11.5 Å². The molecular formula is C20H25NO3. The van der Waals surface area contributed by atoms with Crippen LogP contribution in [0.2, 0.25) is 0 Å². The van der Waals surface area contributed by atoms with Crippen LogP contribution in [0.1, 0.15) is 24.5 Å². The van der Waals surface area contributed by atoms with Gasteiger partial charge in [-0.2, -0.15) is 0 Å². The maximum Gasteiger partial charge on any atom is 0.261 e. The number of amides is 1. The van der Waals surface area contributed by atoms with Crippen LogP contribution in [0.15, 0.2) is 48.5 Å². The molecule has 0 aromatic heterocycles. The van der Waals surface area contributed by atoms with Gasteiger partial charge in [-0.3, -0.25) is 4.79 Å². The first-order valence-corrected chi connectivity index (χ1v) is 8.29. The maximum atomic E-state index is 12.3. The van der Waals surface area contributed by atoms with Crippen molar-refractivity contribution in [2.45, 2.75) is 33.3 Å². The Balaban J connectivity index is 1.81. The number of carbonyl (C=O) groups excluding carboxylic acids is 1. The molecular weight excluding hydrogens is 302 g/mol. The van der Waals surface area contributed by atoms with Gasteiger partial charge in [0.25, 0.3) is 5.91 Å². The van der Waals surface area contributed by atoms with Crippen molar-refractivity contribution < 1.29 is 14.3 Å². The molecule has 128 valence electrons. The molecule has 0 heterocycles. The summed E-state index contributed by atoms with van der Waals surface area (Å²) in [5.41, 5.74) is 2.14. The number of benzene rings is 2. The fourth-order valence-corrected chi connectivity index (χ4v) is 2.28. The van der Waals surface area contributed by atoms with Gasteiger partial charge in [-0.1, -0.05) is 37.3 Å². The summed E-state index contributed by atoms with van der Waals surface area (Å²) in [5.74, 6) is 1.44. The van der Waals surface area contributed by atoms with Crippen LogP contribution in [0, 0.1) is 13.8 Å². The highest BCUT2D eigenvalue weighted by molar-refractivity contribution is 5.81. The molecule has 2 rings (SSSR count). The van der Waals surface area contributed by atoms with Gasteiger partial charge in [-0.15, -0.1) is 0 Å². The van der Waals surface area contributed by atoms with Crippen LogP contribution in [0.25, 0.3) is 0 Å². The van der Waals surface area contributed by atoms with Crippen molar-refractivity contribution >= 4 is 5.91 Å². The molecule has 0 fully saturated rings. The van der Waals surface area contributed by atoms with Crippen LogP contribution in [0.3, 0.4) is 0 Å². The second-order valence-corrected chi connectivity index (χ2v) is 5.74. The van der Waals surface area contributed by atoms with Gasteiger partial charge >= 0.3 is 0 Å². The molecule has 1 atom stereocenters. The van der Waals surface area contributed by atoms with Crippen molar-refractivity contribution in [3.05, 3.63) is 59.7 Å². The fraction of sp³-hybridized carbons (Fsp3) is 0.350. The molecule has 0 radical (unpaired) electrons. The van der Waals surface area contributed by atoms with E-state index < -0.39 is 6.10 Å². The van der Waals surface area contributed by atoms with Crippen LogP contribution in [-0.2, 0) is 4.79 Å². The van der Waals surface area contributed by atoms with Crippen molar-refractivity contribution in [3.63, 3.8) is 0 Å². The largest absolute Gasteiger partial charge is 0.492 e. The highest BCUT2D eigenvalue weighted by atomic mass is 16.5. The van der Waals surface area contributed by atoms with Crippen LogP contribution >= 0.6 is 0 Å². The second-order valence-electron chi connectivity index (χ2n) is 5.74. The summed E-state index contributed by atoms with van der Waals surface area (Å²) < 4.78 is 11.5. The molecule has 1 unspecified atom stereocenters. The third kappa shape index (κ3) is 5.30. The SMILES string of the molecule is CCC(Oc1cc(C)ccc1C)C(=O)NCCOc1ccccc1. The maximum absolute atomic E-state index is 12.3. The topological polar surface area (TPSA) is 47.6 Å². The quantitative estimate of drug-likeness (QED) is 0.753. The molecule has 0 spiro atoms. The van der Waals surface area contributed by atoms with Crippen molar-refractivity contribution in [2.75, 3.05) is 13.2 Å². The summed E-state index contributed by atoms with van der Waals surface area (Å²) in [6.07, 6.45) is 0.112. The molecule has 4 heteroatoms. The summed E-state index contributed by atoms with van der Waals surface area (Å²) in [6.45, 7) is 6.80. The van der Waals surface area contributed by atoms with E-state index in [1.807, 2.05) is 69.3 Å². The predicted octanol–water partition coefficient (Wildman–Crippen LogP) is 3.66. The predicted molar refractivity (Wildman–Crippen MR) is 95.6 cm³/mol. The molecule has 24 heavy (non-hydrogen) atoms. The Morgan fingerprint density at radius 3 is 2.58 bits per heavy atom. The molecule has 4 nitrogen and oxygen atoms in total. The Morgan fingerprint density at radius 2 is 1.88 bits per heavy atom. The summed E-state index contributed by atoms with van der Waals surface area (Å²) in [7, 11) is 0. The molecule has 0 saturated heterocycles. The van der Waals surface area contributed by atoms with Gasteiger partial charge in [0, 0.05) is 0 Å². The zero-order chi connectivity index (χ0) is 17.4. The first-order valence-electron chi connectivity index (χ1n) is 8.29. The van der Waals surface area contributed by atoms with Crippen molar-refractivity contribution in [3.8, 4) is 11.5 Å². The van der Waals surface area contributed by atoms with E-state index in [2.05, 4.69) is 5.32 Å². The van der Waals surface area contributed by atoms with E-state index in [0.717, 1.165) is 22.6 Å². The van der Waals surface area contributed by atoms with Gasteiger partial charge in [-0.25, -0.2) is 0 Å². The lowest BCUT2D eigenvalue weighted by Gasteiger charge is -2.19. The number of carbonyl (C=O) groups is 1. The lowest BCUT2D eigenvalue weighted by atomic mass is 10.1. The molecule has 0 aliphatic carbocycles. The molecule has 0 aliphatic heterocycles. The van der Waals surface area contributed by atoms with E-state index in [9.17, 15) is 4.79 Å². The van der Waals surface area contributed by atoms with Crippen molar-refractivity contribution in [1.82, 2.24) is 5.32 Å².